The summed E-state index contributed by atoms with van der Waals surface area (Å²) in [7, 11) is 1.87. The average molecular weight is 409 g/mol. The van der Waals surface area contributed by atoms with Gasteiger partial charge in [-0.15, -0.1) is 0 Å². The molecule has 1 aromatic heterocycles. The topological polar surface area (TPSA) is 118 Å². The zero-order valence-electron chi connectivity index (χ0n) is 14.6. The molecule has 2 aliphatic heterocycles. The largest absolute Gasteiger partial charge is 0.388 e. The molecule has 5 atom stereocenters. The number of aliphatic hydroxyl groups excluding tert-OH is 2. The number of halogens is 1. The van der Waals surface area contributed by atoms with E-state index in [1.54, 1.807) is 0 Å². The van der Waals surface area contributed by atoms with E-state index in [1.165, 1.54) is 0 Å². The summed E-state index contributed by atoms with van der Waals surface area (Å²) < 4.78 is 21.0. The third-order valence-electron chi connectivity index (χ3n) is 4.78. The Labute approximate surface area is 161 Å². The van der Waals surface area contributed by atoms with Crippen LogP contribution in [0.25, 0.3) is 0 Å². The van der Waals surface area contributed by atoms with Crippen LogP contribution in [0.5, 0.6) is 0 Å². The van der Waals surface area contributed by atoms with Crippen LogP contribution in [0.2, 0.25) is 5.28 Å². The predicted octanol–water partition coefficient (Wildman–Crippen LogP) is -0.122. The van der Waals surface area contributed by atoms with Crippen molar-refractivity contribution < 1.29 is 24.4 Å². The number of nitrogens with zero attached hydrogens (tertiary/aromatic N) is 2. The van der Waals surface area contributed by atoms with E-state index < -0.39 is 23.9 Å². The van der Waals surface area contributed by atoms with E-state index in [1.807, 2.05) is 7.05 Å². The second-order valence-corrected chi connectivity index (χ2v) is 7.59. The molecule has 26 heavy (non-hydrogen) atoms. The van der Waals surface area contributed by atoms with Crippen molar-refractivity contribution in [2.45, 2.75) is 42.8 Å². The zero-order valence-corrected chi connectivity index (χ0v) is 16.1. The number of hydrogen-bond acceptors (Lipinski definition) is 10. The molecule has 1 aromatic rings. The number of hydrogen-bond donors (Lipinski definition) is 4. The van der Waals surface area contributed by atoms with Crippen LogP contribution in [0.1, 0.15) is 12.8 Å². The first kappa shape index (κ1) is 20.2. The molecule has 148 valence electrons. The Hall–Kier alpha value is -0.590. The lowest BCUT2D eigenvalue weighted by Crippen LogP contribution is -2.63. The Morgan fingerprint density at radius 1 is 1.35 bits per heavy atom. The van der Waals surface area contributed by atoms with E-state index in [-0.39, 0.29) is 18.0 Å². The summed E-state index contributed by atoms with van der Waals surface area (Å²) in [5, 5.41) is 28.0. The van der Waals surface area contributed by atoms with Gasteiger partial charge in [0.1, 0.15) is 17.8 Å². The number of rotatable bonds is 10. The maximum Gasteiger partial charge on any atom is 0.236 e. The molecule has 11 heteroatoms. The fourth-order valence-corrected chi connectivity index (χ4v) is 4.18. The number of anilines is 1. The fraction of sp³-hybridized carbons (Fsp3) is 0.867. The molecule has 0 spiro atoms. The number of aliphatic hydroxyl groups is 2. The van der Waals surface area contributed by atoms with Crippen molar-refractivity contribution in [2.75, 3.05) is 45.3 Å². The van der Waals surface area contributed by atoms with E-state index in [0.29, 0.717) is 37.8 Å². The minimum absolute atomic E-state index is 0.148. The van der Waals surface area contributed by atoms with E-state index in [2.05, 4.69) is 20.0 Å². The third kappa shape index (κ3) is 4.45. The first-order valence-corrected chi connectivity index (χ1v) is 9.81. The van der Waals surface area contributed by atoms with Gasteiger partial charge in [-0.25, -0.2) is 0 Å². The molecule has 4 N–H and O–H groups in total. The van der Waals surface area contributed by atoms with Crippen LogP contribution < -0.4 is 10.6 Å². The lowest BCUT2D eigenvalue weighted by atomic mass is 9.88. The minimum Gasteiger partial charge on any atom is -0.388 e. The van der Waals surface area contributed by atoms with Crippen LogP contribution in [-0.4, -0.2) is 89.5 Å². The highest BCUT2D eigenvalue weighted by Crippen LogP contribution is 2.43. The summed E-state index contributed by atoms with van der Waals surface area (Å²) in [5.41, 5.74) is -0.883. The molecule has 0 saturated carbocycles. The maximum atomic E-state index is 10.6. The summed E-state index contributed by atoms with van der Waals surface area (Å²) in [6.45, 7) is 2.51. The Morgan fingerprint density at radius 3 is 2.88 bits per heavy atom. The normalized spacial score (nSPS) is 33.5. The van der Waals surface area contributed by atoms with Gasteiger partial charge in [0.25, 0.3) is 0 Å². The van der Waals surface area contributed by atoms with Gasteiger partial charge in [0.2, 0.25) is 10.4 Å². The van der Waals surface area contributed by atoms with Crippen molar-refractivity contribution in [3.63, 3.8) is 0 Å². The quantitative estimate of drug-likeness (QED) is 0.393. The maximum absolute atomic E-state index is 10.6. The molecule has 3 rings (SSSR count). The summed E-state index contributed by atoms with van der Waals surface area (Å²) in [5.74, 6) is 0. The highest BCUT2D eigenvalue weighted by Gasteiger charge is 2.58. The van der Waals surface area contributed by atoms with Gasteiger partial charge in [0, 0.05) is 18.1 Å². The third-order valence-corrected chi connectivity index (χ3v) is 5.69. The molecule has 2 fully saturated rings. The van der Waals surface area contributed by atoms with Gasteiger partial charge < -0.3 is 35.1 Å². The van der Waals surface area contributed by atoms with Crippen LogP contribution in [0.15, 0.2) is 0 Å². The van der Waals surface area contributed by atoms with Crippen LogP contribution >= 0.6 is 23.1 Å². The van der Waals surface area contributed by atoms with E-state index in [9.17, 15) is 10.2 Å². The number of ether oxygens (including phenoxy) is 3. The molecule has 9 nitrogen and oxygen atoms in total. The Morgan fingerprint density at radius 2 is 2.15 bits per heavy atom. The standard InChI is InChI=1S/C15H25ClN4O5S/c1-17-4-5-23-6-7-24-8-15-3-2-9(25-15)10(11(21)12(15)22)18-14-19-13(16)20-26-14/h9-12,17,21-22H,2-8H2,1H3,(H,18,19,20)/t9-,10+,11-,12-,15-/m1/s1. The van der Waals surface area contributed by atoms with E-state index in [0.717, 1.165) is 18.1 Å². The van der Waals surface area contributed by atoms with Gasteiger partial charge >= 0.3 is 0 Å². The van der Waals surface area contributed by atoms with Crippen LogP contribution in [0.4, 0.5) is 5.13 Å². The fourth-order valence-electron chi connectivity index (χ4n) is 3.42. The number of nitrogens with one attached hydrogen (secondary N) is 2. The smallest absolute Gasteiger partial charge is 0.236 e. The van der Waals surface area contributed by atoms with Crippen molar-refractivity contribution >= 4 is 28.3 Å². The first-order valence-electron chi connectivity index (χ1n) is 8.65. The molecule has 2 aliphatic rings. The van der Waals surface area contributed by atoms with E-state index >= 15 is 0 Å². The van der Waals surface area contributed by atoms with Crippen molar-refractivity contribution in [1.82, 2.24) is 14.7 Å². The molecule has 0 aliphatic carbocycles. The molecule has 2 saturated heterocycles. The summed E-state index contributed by atoms with van der Waals surface area (Å²) in [6.07, 6.45) is -0.986. The second-order valence-electron chi connectivity index (χ2n) is 6.50. The average Bonchev–Trinajstić information content (AvgIpc) is 3.22. The minimum atomic E-state index is -1.06. The number of fused-ring (bicyclic) bond motifs is 2. The van der Waals surface area contributed by atoms with Crippen molar-refractivity contribution in [2.24, 2.45) is 0 Å². The zero-order chi connectivity index (χ0) is 18.6. The van der Waals surface area contributed by atoms with Gasteiger partial charge in [-0.3, -0.25) is 0 Å². The van der Waals surface area contributed by atoms with Crippen LogP contribution in [-0.2, 0) is 14.2 Å². The molecule has 0 unspecified atom stereocenters. The van der Waals surface area contributed by atoms with Crippen molar-refractivity contribution in [3.8, 4) is 0 Å². The molecule has 0 aromatic carbocycles. The van der Waals surface area contributed by atoms with Gasteiger partial charge in [0.15, 0.2) is 0 Å². The Bertz CT molecular complexity index is 582. The molecule has 2 bridgehead atoms. The molecule has 0 amide bonds. The first-order chi connectivity index (χ1) is 12.6. The number of likely N-dealkylation sites (N-methyl/N-ethyl adjacent to an activating group) is 1. The van der Waals surface area contributed by atoms with Crippen molar-refractivity contribution in [1.29, 1.82) is 0 Å². The molecule has 3 heterocycles. The predicted molar refractivity (Wildman–Crippen MR) is 96.7 cm³/mol. The Kier molecular flexibility index (Phi) is 7.03. The molecule has 0 radical (unpaired) electrons. The molecular formula is C15H25ClN4O5S. The summed E-state index contributed by atoms with van der Waals surface area (Å²) in [6, 6.07) is -0.477. The SMILES string of the molecule is CNCCOCCOC[C@@]12CC[C@@H](O1)[C@H](Nc1nc(Cl)ns1)[C@@H](O)[C@H]2O. The highest BCUT2D eigenvalue weighted by molar-refractivity contribution is 7.09. The van der Waals surface area contributed by atoms with Gasteiger partial charge in [-0.2, -0.15) is 9.36 Å². The Balaban J connectivity index is 1.50. The monoisotopic (exact) mass is 408 g/mol. The molecular weight excluding hydrogens is 384 g/mol. The summed E-state index contributed by atoms with van der Waals surface area (Å²) in [4.78, 5) is 4.03. The van der Waals surface area contributed by atoms with Crippen LogP contribution in [0.3, 0.4) is 0 Å². The van der Waals surface area contributed by atoms with Gasteiger partial charge in [-0.05, 0) is 31.5 Å². The highest BCUT2D eigenvalue weighted by atomic mass is 35.5. The second kappa shape index (κ2) is 9.07. The summed E-state index contributed by atoms with van der Waals surface area (Å²) >= 11 is 6.83. The lowest BCUT2D eigenvalue weighted by molar-refractivity contribution is -0.219. The lowest BCUT2D eigenvalue weighted by Gasteiger charge is -2.44. The van der Waals surface area contributed by atoms with Gasteiger partial charge in [0.05, 0.1) is 38.6 Å². The van der Waals surface area contributed by atoms with Crippen LogP contribution in [0, 0.1) is 0 Å². The van der Waals surface area contributed by atoms with Crippen molar-refractivity contribution in [3.05, 3.63) is 5.28 Å². The number of aromatic nitrogens is 2. The van der Waals surface area contributed by atoms with E-state index in [4.69, 9.17) is 25.8 Å². The van der Waals surface area contributed by atoms with Gasteiger partial charge in [-0.1, -0.05) is 0 Å².